The molecule has 0 saturated heterocycles. The summed E-state index contributed by atoms with van der Waals surface area (Å²) in [6, 6.07) is 6.90. The Morgan fingerprint density at radius 2 is 1.53 bits per heavy atom. The van der Waals surface area contributed by atoms with E-state index >= 15 is 0 Å². The van der Waals surface area contributed by atoms with Crippen LogP contribution in [0.3, 0.4) is 0 Å². The minimum atomic E-state index is -0.918. The van der Waals surface area contributed by atoms with Gasteiger partial charge in [-0.3, -0.25) is 0 Å². The van der Waals surface area contributed by atoms with E-state index in [2.05, 4.69) is 0 Å². The first-order valence-corrected chi connectivity index (χ1v) is 5.82. The van der Waals surface area contributed by atoms with E-state index in [9.17, 15) is 10.2 Å². The third kappa shape index (κ3) is 3.48. The molecule has 1 aromatic rings. The lowest BCUT2D eigenvalue weighted by molar-refractivity contribution is -0.0918. The number of benzene rings is 1. The second kappa shape index (κ2) is 4.71. The minimum absolute atomic E-state index is 0.142. The maximum absolute atomic E-state index is 10.0. The third-order valence-electron chi connectivity index (χ3n) is 3.31. The molecule has 1 aromatic carbocycles. The average molecular weight is 236 g/mol. The molecule has 0 heterocycles. The van der Waals surface area contributed by atoms with Crippen molar-refractivity contribution in [2.24, 2.45) is 0 Å². The molecule has 3 nitrogen and oxygen atoms in total. The monoisotopic (exact) mass is 236 g/mol. The van der Waals surface area contributed by atoms with Gasteiger partial charge in [0, 0.05) is 0 Å². The Kier molecular flexibility index (Phi) is 3.90. The zero-order valence-corrected chi connectivity index (χ0v) is 11.2. The summed E-state index contributed by atoms with van der Waals surface area (Å²) in [4.78, 5) is 0. The van der Waals surface area contributed by atoms with Gasteiger partial charge in [-0.2, -0.15) is 0 Å². The highest BCUT2D eigenvalue weighted by atomic mass is 16.5. The van der Waals surface area contributed by atoms with Crippen molar-refractivity contribution >= 4 is 12.4 Å². The van der Waals surface area contributed by atoms with E-state index in [1.807, 2.05) is 32.8 Å². The standard InChI is InChI=1S/C13H21BO3/c1-12(2,16)13(3,4)17-14(5)10-6-8-11(15)9-7-10/h6-9,15-16H,1-5H3. The van der Waals surface area contributed by atoms with Gasteiger partial charge >= 0.3 is 6.92 Å². The van der Waals surface area contributed by atoms with E-state index in [-0.39, 0.29) is 12.7 Å². The van der Waals surface area contributed by atoms with Crippen molar-refractivity contribution in [2.75, 3.05) is 0 Å². The van der Waals surface area contributed by atoms with Gasteiger partial charge in [-0.25, -0.2) is 0 Å². The fraction of sp³-hybridized carbons (Fsp3) is 0.538. The maximum Gasteiger partial charge on any atom is 0.324 e. The molecule has 0 fully saturated rings. The lowest BCUT2D eigenvalue weighted by atomic mass is 9.62. The number of phenols is 1. The molecule has 0 unspecified atom stereocenters. The summed E-state index contributed by atoms with van der Waals surface area (Å²) in [5.74, 6) is 0.239. The maximum atomic E-state index is 10.0. The van der Waals surface area contributed by atoms with Crippen LogP contribution in [-0.4, -0.2) is 28.3 Å². The summed E-state index contributed by atoms with van der Waals surface area (Å²) in [6.45, 7) is 8.98. The number of hydrogen-bond acceptors (Lipinski definition) is 3. The van der Waals surface area contributed by atoms with E-state index in [4.69, 9.17) is 4.65 Å². The fourth-order valence-electron chi connectivity index (χ4n) is 1.40. The summed E-state index contributed by atoms with van der Waals surface area (Å²) in [7, 11) is 0. The molecule has 0 spiro atoms. The summed E-state index contributed by atoms with van der Waals surface area (Å²) in [5.41, 5.74) is -0.595. The quantitative estimate of drug-likeness (QED) is 0.783. The van der Waals surface area contributed by atoms with Gasteiger partial charge < -0.3 is 14.9 Å². The smallest absolute Gasteiger partial charge is 0.324 e. The molecule has 0 radical (unpaired) electrons. The Morgan fingerprint density at radius 3 is 1.94 bits per heavy atom. The Bertz CT molecular complexity index is 365. The van der Waals surface area contributed by atoms with E-state index in [1.165, 1.54) is 0 Å². The Morgan fingerprint density at radius 1 is 1.06 bits per heavy atom. The number of aliphatic hydroxyl groups is 1. The van der Waals surface area contributed by atoms with Crippen molar-refractivity contribution in [3.05, 3.63) is 24.3 Å². The van der Waals surface area contributed by atoms with E-state index in [1.54, 1.807) is 26.0 Å². The summed E-state index contributed by atoms with van der Waals surface area (Å²) in [5, 5.41) is 19.2. The van der Waals surface area contributed by atoms with Gasteiger partial charge in [-0.1, -0.05) is 19.0 Å². The topological polar surface area (TPSA) is 49.7 Å². The zero-order valence-electron chi connectivity index (χ0n) is 11.2. The second-order valence-corrected chi connectivity index (χ2v) is 5.42. The van der Waals surface area contributed by atoms with Crippen molar-refractivity contribution in [3.8, 4) is 5.75 Å². The normalized spacial score (nSPS) is 12.6. The van der Waals surface area contributed by atoms with Crippen molar-refractivity contribution in [1.29, 1.82) is 0 Å². The van der Waals surface area contributed by atoms with Crippen LogP contribution in [0.5, 0.6) is 5.75 Å². The van der Waals surface area contributed by atoms with Crippen molar-refractivity contribution < 1.29 is 14.9 Å². The van der Waals surface area contributed by atoms with Gasteiger partial charge in [0.2, 0.25) is 0 Å². The van der Waals surface area contributed by atoms with Crippen LogP contribution in [0.4, 0.5) is 0 Å². The molecule has 17 heavy (non-hydrogen) atoms. The Hall–Kier alpha value is -0.995. The summed E-state index contributed by atoms with van der Waals surface area (Å²) >= 11 is 0. The van der Waals surface area contributed by atoms with E-state index < -0.39 is 11.2 Å². The van der Waals surface area contributed by atoms with Gasteiger partial charge in [-0.05, 0) is 45.3 Å². The molecule has 0 aliphatic carbocycles. The van der Waals surface area contributed by atoms with Crippen LogP contribution in [0.1, 0.15) is 27.7 Å². The first kappa shape index (κ1) is 14.1. The second-order valence-electron chi connectivity index (χ2n) is 5.42. The molecule has 0 saturated carbocycles. The highest BCUT2D eigenvalue weighted by Gasteiger charge is 2.37. The van der Waals surface area contributed by atoms with Crippen LogP contribution < -0.4 is 5.46 Å². The van der Waals surface area contributed by atoms with Crippen molar-refractivity contribution in [2.45, 2.75) is 45.7 Å². The molecule has 0 bridgehead atoms. The average Bonchev–Trinajstić information content (AvgIpc) is 2.16. The van der Waals surface area contributed by atoms with Crippen LogP contribution in [-0.2, 0) is 4.65 Å². The lowest BCUT2D eigenvalue weighted by Crippen LogP contribution is -2.52. The van der Waals surface area contributed by atoms with Crippen LogP contribution >= 0.6 is 0 Å². The van der Waals surface area contributed by atoms with Crippen LogP contribution in [0, 0.1) is 0 Å². The molecular weight excluding hydrogens is 215 g/mol. The number of phenolic OH excluding ortho intramolecular Hbond substituents is 1. The predicted octanol–water partition coefficient (Wildman–Crippen LogP) is 1.79. The Labute approximate surface area is 104 Å². The molecular formula is C13H21BO3. The Balaban J connectivity index is 2.79. The lowest BCUT2D eigenvalue weighted by Gasteiger charge is -2.39. The highest BCUT2D eigenvalue weighted by molar-refractivity contribution is 6.66. The molecule has 0 aliphatic heterocycles. The molecule has 0 atom stereocenters. The molecule has 0 aromatic heterocycles. The van der Waals surface area contributed by atoms with Gasteiger partial charge in [-0.15, -0.1) is 0 Å². The van der Waals surface area contributed by atoms with Crippen molar-refractivity contribution in [1.82, 2.24) is 0 Å². The van der Waals surface area contributed by atoms with Crippen molar-refractivity contribution in [3.63, 3.8) is 0 Å². The van der Waals surface area contributed by atoms with Gasteiger partial charge in [0.25, 0.3) is 0 Å². The SMILES string of the molecule is CB(OC(C)(C)C(C)(C)O)c1ccc(O)cc1. The summed E-state index contributed by atoms with van der Waals surface area (Å²) < 4.78 is 5.90. The van der Waals surface area contributed by atoms with Gasteiger partial charge in [0.15, 0.2) is 0 Å². The van der Waals surface area contributed by atoms with Crippen LogP contribution in [0.2, 0.25) is 6.82 Å². The van der Waals surface area contributed by atoms with Crippen LogP contribution in [0.25, 0.3) is 0 Å². The molecule has 4 heteroatoms. The first-order chi connectivity index (χ1) is 7.63. The predicted molar refractivity (Wildman–Crippen MR) is 70.8 cm³/mol. The van der Waals surface area contributed by atoms with Crippen LogP contribution in [0.15, 0.2) is 24.3 Å². The number of rotatable bonds is 4. The third-order valence-corrected chi connectivity index (χ3v) is 3.31. The van der Waals surface area contributed by atoms with E-state index in [0.717, 1.165) is 5.46 Å². The largest absolute Gasteiger partial charge is 0.508 e. The van der Waals surface area contributed by atoms with E-state index in [0.29, 0.717) is 0 Å². The minimum Gasteiger partial charge on any atom is -0.508 e. The highest BCUT2D eigenvalue weighted by Crippen LogP contribution is 2.25. The first-order valence-electron chi connectivity index (χ1n) is 5.82. The molecule has 1 rings (SSSR count). The molecule has 94 valence electrons. The fourth-order valence-corrected chi connectivity index (χ4v) is 1.40. The molecule has 0 aliphatic rings. The van der Waals surface area contributed by atoms with Gasteiger partial charge in [0.1, 0.15) is 5.75 Å². The number of hydrogen-bond donors (Lipinski definition) is 2. The molecule has 2 N–H and O–H groups in total. The molecule has 0 amide bonds. The number of aromatic hydroxyl groups is 1. The van der Waals surface area contributed by atoms with Gasteiger partial charge in [0.05, 0.1) is 11.2 Å². The summed E-state index contributed by atoms with van der Waals surface area (Å²) in [6.07, 6.45) is 0. The zero-order chi connectivity index (χ0) is 13.3.